The largest absolute Gasteiger partial charge is 0.273 e. The number of aryl methyl sites for hydroxylation is 1. The number of nitrogens with zero attached hydrogens (tertiary/aromatic N) is 3. The second kappa shape index (κ2) is 8.62. The number of hydrazone groups is 1. The van der Waals surface area contributed by atoms with E-state index < -0.39 is 0 Å². The topological polar surface area (TPSA) is 45.6 Å². The summed E-state index contributed by atoms with van der Waals surface area (Å²) in [7, 11) is 0. The van der Waals surface area contributed by atoms with Crippen molar-refractivity contribution in [3.8, 4) is 11.1 Å². The standard InChI is InChI=1S/C27H21Cl2N3O/c1-16-26(24-15-25(32(31-24)17(2)33)18-8-10-20(28)11-9-18)27(19-6-4-3-5-7-19)22-14-21(29)12-13-23(22)30-16/h3-14,25H,15H2,1-2H3/t25-/m0/s1. The smallest absolute Gasteiger partial charge is 0.240 e. The fourth-order valence-electron chi connectivity index (χ4n) is 4.51. The third kappa shape index (κ3) is 4.01. The van der Waals surface area contributed by atoms with E-state index in [-0.39, 0.29) is 11.9 Å². The summed E-state index contributed by atoms with van der Waals surface area (Å²) < 4.78 is 0. The summed E-state index contributed by atoms with van der Waals surface area (Å²) in [5, 5.41) is 8.64. The van der Waals surface area contributed by atoms with E-state index in [1.54, 1.807) is 11.9 Å². The van der Waals surface area contributed by atoms with E-state index in [9.17, 15) is 4.79 Å². The number of benzene rings is 3. The molecule has 3 aromatic carbocycles. The Balaban J connectivity index is 1.73. The third-order valence-corrected chi connectivity index (χ3v) is 6.45. The number of hydrogen-bond donors (Lipinski definition) is 0. The molecule has 0 aliphatic carbocycles. The molecule has 4 aromatic rings. The molecule has 1 aromatic heterocycles. The van der Waals surface area contributed by atoms with Crippen molar-refractivity contribution in [1.29, 1.82) is 0 Å². The van der Waals surface area contributed by atoms with Gasteiger partial charge >= 0.3 is 0 Å². The van der Waals surface area contributed by atoms with Gasteiger partial charge in [0.15, 0.2) is 0 Å². The van der Waals surface area contributed by atoms with Crippen molar-refractivity contribution < 1.29 is 4.79 Å². The SMILES string of the molecule is CC(=O)N1N=C(c2c(C)nc3ccc(Cl)cc3c2-c2ccccc2)C[C@H]1c1ccc(Cl)cc1. The first kappa shape index (κ1) is 21.6. The van der Waals surface area contributed by atoms with E-state index in [0.29, 0.717) is 16.5 Å². The molecular formula is C27H21Cl2N3O. The molecule has 164 valence electrons. The molecule has 1 aliphatic heterocycles. The van der Waals surface area contributed by atoms with Gasteiger partial charge in [-0.25, -0.2) is 5.01 Å². The molecule has 0 bridgehead atoms. The van der Waals surface area contributed by atoms with Gasteiger partial charge in [-0.05, 0) is 48.4 Å². The Morgan fingerprint density at radius 1 is 0.939 bits per heavy atom. The van der Waals surface area contributed by atoms with Crippen LogP contribution in [0.1, 0.15) is 36.2 Å². The summed E-state index contributed by atoms with van der Waals surface area (Å²) in [4.78, 5) is 17.4. The van der Waals surface area contributed by atoms with Crippen molar-refractivity contribution in [3.05, 3.63) is 99.7 Å². The highest BCUT2D eigenvalue weighted by molar-refractivity contribution is 6.31. The van der Waals surface area contributed by atoms with Gasteiger partial charge in [0.25, 0.3) is 0 Å². The summed E-state index contributed by atoms with van der Waals surface area (Å²) >= 11 is 12.5. The molecule has 0 saturated carbocycles. The zero-order valence-corrected chi connectivity index (χ0v) is 19.7. The fourth-order valence-corrected chi connectivity index (χ4v) is 4.81. The van der Waals surface area contributed by atoms with Gasteiger partial charge in [0.1, 0.15) is 0 Å². The summed E-state index contributed by atoms with van der Waals surface area (Å²) in [6, 6.07) is 23.3. The fraction of sp³-hybridized carbons (Fsp3) is 0.148. The Morgan fingerprint density at radius 2 is 1.64 bits per heavy atom. The van der Waals surface area contributed by atoms with Crippen LogP contribution in [-0.4, -0.2) is 21.6 Å². The van der Waals surface area contributed by atoms with E-state index in [4.69, 9.17) is 33.3 Å². The number of fused-ring (bicyclic) bond motifs is 1. The lowest BCUT2D eigenvalue weighted by Gasteiger charge is -2.20. The van der Waals surface area contributed by atoms with Crippen molar-refractivity contribution in [1.82, 2.24) is 9.99 Å². The lowest BCUT2D eigenvalue weighted by molar-refractivity contribution is -0.130. The first-order chi connectivity index (χ1) is 15.9. The molecular weight excluding hydrogens is 453 g/mol. The van der Waals surface area contributed by atoms with Crippen LogP contribution in [0.15, 0.2) is 77.9 Å². The summed E-state index contributed by atoms with van der Waals surface area (Å²) in [5.74, 6) is -0.111. The van der Waals surface area contributed by atoms with E-state index in [1.165, 1.54) is 0 Å². The molecule has 5 rings (SSSR count). The Labute approximate surface area is 202 Å². The van der Waals surface area contributed by atoms with E-state index in [0.717, 1.165) is 44.6 Å². The third-order valence-electron chi connectivity index (χ3n) is 5.97. The van der Waals surface area contributed by atoms with Gasteiger partial charge in [-0.15, -0.1) is 0 Å². The highest BCUT2D eigenvalue weighted by Gasteiger charge is 2.33. The minimum absolute atomic E-state index is 0.111. The monoisotopic (exact) mass is 473 g/mol. The number of rotatable bonds is 3. The van der Waals surface area contributed by atoms with Gasteiger partial charge < -0.3 is 0 Å². The number of aromatic nitrogens is 1. The van der Waals surface area contributed by atoms with Crippen molar-refractivity contribution in [2.75, 3.05) is 0 Å². The van der Waals surface area contributed by atoms with Crippen LogP contribution in [0.25, 0.3) is 22.0 Å². The summed E-state index contributed by atoms with van der Waals surface area (Å²) in [6.07, 6.45) is 0.579. The first-order valence-electron chi connectivity index (χ1n) is 10.7. The molecule has 4 nitrogen and oxygen atoms in total. The highest BCUT2D eigenvalue weighted by Crippen LogP contribution is 2.40. The maximum atomic E-state index is 12.5. The number of amides is 1. The zero-order valence-electron chi connectivity index (χ0n) is 18.2. The highest BCUT2D eigenvalue weighted by atomic mass is 35.5. The number of halogens is 2. The van der Waals surface area contributed by atoms with E-state index in [2.05, 4.69) is 12.1 Å². The number of pyridine rings is 1. The lowest BCUT2D eigenvalue weighted by atomic mass is 9.89. The number of carbonyl (C=O) groups excluding carboxylic acids is 1. The van der Waals surface area contributed by atoms with Gasteiger partial charge in [0, 0.05) is 45.6 Å². The van der Waals surface area contributed by atoms with Crippen molar-refractivity contribution in [2.24, 2.45) is 5.10 Å². The normalized spacial score (nSPS) is 15.7. The predicted octanol–water partition coefficient (Wildman–Crippen LogP) is 7.21. The lowest BCUT2D eigenvalue weighted by Crippen LogP contribution is -2.24. The minimum atomic E-state index is -0.201. The van der Waals surface area contributed by atoms with Crippen LogP contribution in [-0.2, 0) is 4.79 Å². The molecule has 6 heteroatoms. The first-order valence-corrected chi connectivity index (χ1v) is 11.5. The molecule has 0 saturated heterocycles. The molecule has 0 unspecified atom stereocenters. The van der Waals surface area contributed by atoms with Crippen LogP contribution in [0.3, 0.4) is 0 Å². The Hall–Kier alpha value is -3.21. The van der Waals surface area contributed by atoms with Crippen LogP contribution < -0.4 is 0 Å². The number of carbonyl (C=O) groups is 1. The minimum Gasteiger partial charge on any atom is -0.273 e. The van der Waals surface area contributed by atoms with Gasteiger partial charge in [-0.1, -0.05) is 65.7 Å². The van der Waals surface area contributed by atoms with Crippen LogP contribution in [0, 0.1) is 6.92 Å². The maximum absolute atomic E-state index is 12.5. The summed E-state index contributed by atoms with van der Waals surface area (Å²) in [6.45, 7) is 3.53. The molecule has 33 heavy (non-hydrogen) atoms. The Bertz CT molecular complexity index is 1400. The van der Waals surface area contributed by atoms with Gasteiger partial charge in [-0.3, -0.25) is 9.78 Å². The Kier molecular flexibility index (Phi) is 5.65. The number of hydrogen-bond acceptors (Lipinski definition) is 3. The van der Waals surface area contributed by atoms with Crippen molar-refractivity contribution >= 4 is 45.7 Å². The predicted molar refractivity (Wildman–Crippen MR) is 135 cm³/mol. The van der Waals surface area contributed by atoms with Crippen LogP contribution in [0.2, 0.25) is 10.0 Å². The molecule has 0 radical (unpaired) electrons. The van der Waals surface area contributed by atoms with Gasteiger partial charge in [0.05, 0.1) is 17.3 Å². The summed E-state index contributed by atoms with van der Waals surface area (Å²) in [5.41, 5.74) is 6.58. The molecule has 1 atom stereocenters. The van der Waals surface area contributed by atoms with Crippen LogP contribution >= 0.6 is 23.2 Å². The van der Waals surface area contributed by atoms with Crippen LogP contribution in [0.5, 0.6) is 0 Å². The molecule has 1 aliphatic rings. The van der Waals surface area contributed by atoms with E-state index >= 15 is 0 Å². The quantitative estimate of drug-likeness (QED) is 0.315. The molecule has 0 fully saturated rings. The zero-order chi connectivity index (χ0) is 23.1. The van der Waals surface area contributed by atoms with Crippen LogP contribution in [0.4, 0.5) is 0 Å². The molecule has 0 N–H and O–H groups in total. The second-order valence-corrected chi connectivity index (χ2v) is 9.03. The van der Waals surface area contributed by atoms with Gasteiger partial charge in [0.2, 0.25) is 5.91 Å². The molecule has 2 heterocycles. The van der Waals surface area contributed by atoms with Gasteiger partial charge in [-0.2, -0.15) is 5.10 Å². The van der Waals surface area contributed by atoms with Crippen molar-refractivity contribution in [3.63, 3.8) is 0 Å². The maximum Gasteiger partial charge on any atom is 0.240 e. The second-order valence-electron chi connectivity index (χ2n) is 8.16. The molecule has 0 spiro atoms. The van der Waals surface area contributed by atoms with Crippen molar-refractivity contribution in [2.45, 2.75) is 26.3 Å². The average Bonchev–Trinajstić information content (AvgIpc) is 3.25. The molecule has 1 amide bonds. The van der Waals surface area contributed by atoms with E-state index in [1.807, 2.05) is 67.6 Å². The Morgan fingerprint density at radius 3 is 2.33 bits per heavy atom. The average molecular weight is 474 g/mol.